The molecule has 0 spiro atoms. The molecule has 1 heterocycles. The summed E-state index contributed by atoms with van der Waals surface area (Å²) in [6.45, 7) is 3.66. The molecule has 0 amide bonds. The van der Waals surface area contributed by atoms with Gasteiger partial charge in [-0.25, -0.2) is 4.39 Å². The fourth-order valence-electron chi connectivity index (χ4n) is 3.90. The number of rotatable bonds is 8. The lowest BCUT2D eigenvalue weighted by Crippen LogP contribution is -2.37. The Morgan fingerprint density at radius 3 is 2.77 bits per heavy atom. The summed E-state index contributed by atoms with van der Waals surface area (Å²) in [6.07, 6.45) is 3.00. The topological polar surface area (TPSA) is 112 Å². The van der Waals surface area contributed by atoms with Gasteiger partial charge in [0.05, 0.1) is 22.4 Å². The normalized spacial score (nSPS) is 21.8. The van der Waals surface area contributed by atoms with Gasteiger partial charge < -0.3 is 16.2 Å². The second-order valence-electron chi connectivity index (χ2n) is 8.23. The van der Waals surface area contributed by atoms with Crippen LogP contribution < -0.4 is 11.1 Å². The van der Waals surface area contributed by atoms with Crippen LogP contribution in [-0.4, -0.2) is 28.9 Å². The van der Waals surface area contributed by atoms with E-state index in [1.54, 1.807) is 13.0 Å². The second kappa shape index (κ2) is 9.36. The minimum atomic E-state index is -0.961. The zero-order chi connectivity index (χ0) is 22.0. The van der Waals surface area contributed by atoms with E-state index < -0.39 is 17.8 Å². The van der Waals surface area contributed by atoms with Crippen LogP contribution in [-0.2, 0) is 0 Å². The van der Waals surface area contributed by atoms with Crippen molar-refractivity contribution in [1.82, 2.24) is 5.32 Å². The zero-order valence-corrected chi connectivity index (χ0v) is 17.8. The quantitative estimate of drug-likeness (QED) is 0.429. The van der Waals surface area contributed by atoms with Crippen molar-refractivity contribution in [3.05, 3.63) is 45.9 Å². The predicted molar refractivity (Wildman–Crippen MR) is 114 cm³/mol. The van der Waals surface area contributed by atoms with Crippen molar-refractivity contribution in [2.45, 2.75) is 57.8 Å². The van der Waals surface area contributed by atoms with E-state index in [4.69, 9.17) is 22.6 Å². The summed E-state index contributed by atoms with van der Waals surface area (Å²) >= 11 is 6.24. The maximum absolute atomic E-state index is 15.6. The molecule has 0 aromatic heterocycles. The molecule has 1 aliphatic carbocycles. The number of aliphatic hydroxyl groups is 1. The SMILES string of the molecule is CC1CC(C#N)=CN=C1C(=O)c1c(Cl)ccc([C@H](N[C@@H](C)CC(N)O)C2CC2)c1F. The van der Waals surface area contributed by atoms with E-state index in [2.05, 4.69) is 10.3 Å². The highest BCUT2D eigenvalue weighted by Gasteiger charge is 2.37. The summed E-state index contributed by atoms with van der Waals surface area (Å²) in [6, 6.07) is 4.74. The van der Waals surface area contributed by atoms with Crippen molar-refractivity contribution in [2.75, 3.05) is 0 Å². The fraction of sp³-hybridized carbons (Fsp3) is 0.500. The van der Waals surface area contributed by atoms with Crippen molar-refractivity contribution in [2.24, 2.45) is 22.6 Å². The van der Waals surface area contributed by atoms with Gasteiger partial charge in [0, 0.05) is 41.8 Å². The lowest BCUT2D eigenvalue weighted by Gasteiger charge is -2.26. The van der Waals surface area contributed by atoms with E-state index in [1.165, 1.54) is 12.3 Å². The molecule has 4 N–H and O–H groups in total. The molecule has 1 aromatic rings. The van der Waals surface area contributed by atoms with Gasteiger partial charge in [-0.1, -0.05) is 24.6 Å². The lowest BCUT2D eigenvalue weighted by atomic mass is 9.88. The van der Waals surface area contributed by atoms with Crippen molar-refractivity contribution < 1.29 is 14.3 Å². The van der Waals surface area contributed by atoms with E-state index in [0.29, 0.717) is 24.0 Å². The molecule has 0 bridgehead atoms. The number of ketones is 1. The summed E-state index contributed by atoms with van der Waals surface area (Å²) in [5, 5.41) is 21.9. The van der Waals surface area contributed by atoms with Crippen LogP contribution >= 0.6 is 11.6 Å². The Hall–Kier alpha value is -2.11. The van der Waals surface area contributed by atoms with E-state index in [9.17, 15) is 9.90 Å². The number of hydrogen-bond donors (Lipinski definition) is 3. The van der Waals surface area contributed by atoms with Crippen molar-refractivity contribution in [3.63, 3.8) is 0 Å². The molecule has 1 fully saturated rings. The van der Waals surface area contributed by atoms with Crippen LogP contribution in [0.5, 0.6) is 0 Å². The standard InChI is InChI=1S/C22H26ClFN4O2/c1-11-7-13(9-25)10-27-20(11)22(30)18-16(23)6-5-15(19(18)24)21(14-3-4-14)28-12(2)8-17(26)29/h5-6,10-12,14,17,21,28-29H,3-4,7-8,26H2,1-2H3/t11?,12-,17?,21+/m0/s1. The summed E-state index contributed by atoms with van der Waals surface area (Å²) in [4.78, 5) is 17.3. The molecule has 4 atom stereocenters. The zero-order valence-electron chi connectivity index (χ0n) is 17.0. The Kier molecular flexibility index (Phi) is 7.04. The molecule has 0 radical (unpaired) electrons. The first-order chi connectivity index (χ1) is 14.2. The van der Waals surface area contributed by atoms with Gasteiger partial charge >= 0.3 is 0 Å². The number of aliphatic imine (C=N–C) groups is 1. The predicted octanol–water partition coefficient (Wildman–Crippen LogP) is 3.65. The fourth-order valence-corrected chi connectivity index (χ4v) is 4.13. The minimum Gasteiger partial charge on any atom is -0.379 e. The third-order valence-corrected chi connectivity index (χ3v) is 5.88. The summed E-state index contributed by atoms with van der Waals surface area (Å²) in [5.41, 5.74) is 6.34. The molecule has 8 heteroatoms. The number of aliphatic hydroxyl groups excluding tert-OH is 1. The van der Waals surface area contributed by atoms with Crippen molar-refractivity contribution in [3.8, 4) is 6.07 Å². The molecular formula is C22H26ClFN4O2. The molecule has 1 aliphatic heterocycles. The third kappa shape index (κ3) is 4.96. The first-order valence-electron chi connectivity index (χ1n) is 10.1. The van der Waals surface area contributed by atoms with Gasteiger partial charge in [-0.3, -0.25) is 9.79 Å². The number of hydrogen-bond acceptors (Lipinski definition) is 6. The number of carbonyl (C=O) groups excluding carboxylic acids is 1. The van der Waals surface area contributed by atoms with Crippen LogP contribution in [0, 0.1) is 29.0 Å². The number of Topliss-reactive ketones (excluding diaryl/α,β-unsaturated/α-hetero) is 1. The van der Waals surface area contributed by atoms with E-state index in [1.807, 2.05) is 13.0 Å². The first kappa shape index (κ1) is 22.6. The minimum absolute atomic E-state index is 0.0335. The molecule has 2 aliphatic rings. The Bertz CT molecular complexity index is 934. The lowest BCUT2D eigenvalue weighted by molar-refractivity contribution is 0.105. The van der Waals surface area contributed by atoms with Gasteiger partial charge in [0.25, 0.3) is 0 Å². The third-order valence-electron chi connectivity index (χ3n) is 5.56. The van der Waals surface area contributed by atoms with Crippen LogP contribution in [0.4, 0.5) is 4.39 Å². The Morgan fingerprint density at radius 1 is 1.50 bits per heavy atom. The maximum atomic E-state index is 15.6. The number of benzene rings is 1. The van der Waals surface area contributed by atoms with Gasteiger partial charge in [-0.15, -0.1) is 0 Å². The Balaban J connectivity index is 1.95. The van der Waals surface area contributed by atoms with Crippen LogP contribution in [0.1, 0.15) is 61.5 Å². The summed E-state index contributed by atoms with van der Waals surface area (Å²) in [5.74, 6) is -1.27. The Labute approximate surface area is 180 Å². The Morgan fingerprint density at radius 2 is 2.20 bits per heavy atom. The number of nitrogens with two attached hydrogens (primary N) is 1. The molecule has 160 valence electrons. The van der Waals surface area contributed by atoms with E-state index in [-0.39, 0.29) is 40.2 Å². The molecule has 1 aromatic carbocycles. The average Bonchev–Trinajstić information content (AvgIpc) is 3.51. The second-order valence-corrected chi connectivity index (χ2v) is 8.63. The van der Waals surface area contributed by atoms with Gasteiger partial charge in [-0.2, -0.15) is 5.26 Å². The highest BCUT2D eigenvalue weighted by molar-refractivity contribution is 6.50. The summed E-state index contributed by atoms with van der Waals surface area (Å²) < 4.78 is 15.6. The first-order valence-corrected chi connectivity index (χ1v) is 10.5. The monoisotopic (exact) mass is 432 g/mol. The van der Waals surface area contributed by atoms with E-state index in [0.717, 1.165) is 12.8 Å². The molecular weight excluding hydrogens is 407 g/mol. The van der Waals surface area contributed by atoms with Crippen LogP contribution in [0.2, 0.25) is 5.02 Å². The molecule has 6 nitrogen and oxygen atoms in total. The highest BCUT2D eigenvalue weighted by Crippen LogP contribution is 2.43. The van der Waals surface area contributed by atoms with Crippen molar-refractivity contribution in [1.29, 1.82) is 5.26 Å². The smallest absolute Gasteiger partial charge is 0.211 e. The number of carbonyl (C=O) groups is 1. The molecule has 1 saturated carbocycles. The van der Waals surface area contributed by atoms with Crippen LogP contribution in [0.15, 0.2) is 28.9 Å². The average molecular weight is 433 g/mol. The highest BCUT2D eigenvalue weighted by atomic mass is 35.5. The summed E-state index contributed by atoms with van der Waals surface area (Å²) in [7, 11) is 0. The van der Waals surface area contributed by atoms with Crippen molar-refractivity contribution >= 4 is 23.1 Å². The molecule has 0 saturated heterocycles. The number of nitrogens with one attached hydrogen (secondary N) is 1. The molecule has 3 rings (SSSR count). The number of allylic oxidation sites excluding steroid dienone is 1. The molecule has 2 unspecified atom stereocenters. The largest absolute Gasteiger partial charge is 0.379 e. The number of halogens is 2. The van der Waals surface area contributed by atoms with Gasteiger partial charge in [-0.05, 0) is 38.2 Å². The van der Waals surface area contributed by atoms with Gasteiger partial charge in [0.2, 0.25) is 5.78 Å². The van der Waals surface area contributed by atoms with Gasteiger partial charge in [0.1, 0.15) is 12.0 Å². The van der Waals surface area contributed by atoms with E-state index >= 15 is 4.39 Å². The van der Waals surface area contributed by atoms with Gasteiger partial charge in [0.15, 0.2) is 0 Å². The maximum Gasteiger partial charge on any atom is 0.211 e. The van der Waals surface area contributed by atoms with Crippen LogP contribution in [0.25, 0.3) is 0 Å². The number of nitriles is 1. The van der Waals surface area contributed by atoms with Crippen LogP contribution in [0.3, 0.4) is 0 Å². The molecule has 30 heavy (non-hydrogen) atoms. The number of nitrogens with zero attached hydrogens (tertiary/aromatic N) is 2.